The summed E-state index contributed by atoms with van der Waals surface area (Å²) in [5.41, 5.74) is 3.73. The van der Waals surface area contributed by atoms with Crippen LogP contribution in [0.5, 0.6) is 0 Å². The zero-order valence-electron chi connectivity index (χ0n) is 7.79. The third-order valence-corrected chi connectivity index (χ3v) is 3.32. The van der Waals surface area contributed by atoms with Crippen LogP contribution < -0.4 is 0 Å². The second kappa shape index (κ2) is 2.70. The Morgan fingerprint density at radius 1 is 1.50 bits per heavy atom. The van der Waals surface area contributed by atoms with Crippen LogP contribution in [0.3, 0.4) is 0 Å². The van der Waals surface area contributed by atoms with Crippen LogP contribution in [0.4, 0.5) is 0 Å². The Morgan fingerprint density at radius 3 is 3.21 bits per heavy atom. The van der Waals surface area contributed by atoms with Crippen LogP contribution in [0.1, 0.15) is 11.3 Å². The first kappa shape index (κ1) is 8.24. The van der Waals surface area contributed by atoms with Crippen molar-refractivity contribution in [2.45, 2.75) is 6.42 Å². The van der Waals surface area contributed by atoms with Gasteiger partial charge in [-0.25, -0.2) is 0 Å². The molecule has 0 amide bonds. The Morgan fingerprint density at radius 2 is 2.36 bits per heavy atom. The van der Waals surface area contributed by atoms with Crippen molar-refractivity contribution in [2.75, 3.05) is 0 Å². The van der Waals surface area contributed by atoms with Crippen LogP contribution >= 0.6 is 15.9 Å². The molecule has 2 aromatic rings. The van der Waals surface area contributed by atoms with Gasteiger partial charge in [-0.15, -0.1) is 0 Å². The lowest BCUT2D eigenvalue weighted by molar-refractivity contribution is 0.962. The minimum Gasteiger partial charge on any atom is -0.349 e. The number of fused-ring (bicyclic) bond motifs is 3. The van der Waals surface area contributed by atoms with Gasteiger partial charge in [0.25, 0.3) is 0 Å². The molecule has 2 nitrogen and oxygen atoms in total. The summed E-state index contributed by atoms with van der Waals surface area (Å²) >= 11 is 3.54. The predicted molar refractivity (Wildman–Crippen MR) is 61.2 cm³/mol. The Kier molecular flexibility index (Phi) is 1.59. The lowest BCUT2D eigenvalue weighted by Crippen LogP contribution is -1.92. The number of hydrogen-bond acceptors (Lipinski definition) is 1. The average molecular weight is 249 g/mol. The standard InChI is InChI=1S/C11H9BrN2/c1-14-6-9(12)8-5-13-10-4-2-3-7(10)11(8)14/h2-3,5-6H,4H2,1H3. The van der Waals surface area contributed by atoms with E-state index in [-0.39, 0.29) is 0 Å². The van der Waals surface area contributed by atoms with Crippen LogP contribution in [0.15, 0.2) is 22.9 Å². The molecule has 0 saturated carbocycles. The molecule has 0 saturated heterocycles. The topological polar surface area (TPSA) is 17.8 Å². The van der Waals surface area contributed by atoms with Crippen LogP contribution in [0.25, 0.3) is 17.0 Å². The Labute approximate surface area is 90.4 Å². The SMILES string of the molecule is Cn1cc(Br)c2cnc3c(c21)C=CC3. The maximum atomic E-state index is 4.46. The molecule has 1 aliphatic rings. The van der Waals surface area contributed by atoms with Crippen molar-refractivity contribution in [3.05, 3.63) is 34.2 Å². The Bertz CT molecular complexity index is 552. The first-order valence-corrected chi connectivity index (χ1v) is 5.35. The number of allylic oxidation sites excluding steroid dienone is 1. The number of pyridine rings is 1. The summed E-state index contributed by atoms with van der Waals surface area (Å²) in [6.07, 6.45) is 9.33. The molecule has 0 N–H and O–H groups in total. The van der Waals surface area contributed by atoms with Crippen molar-refractivity contribution in [1.29, 1.82) is 0 Å². The zero-order chi connectivity index (χ0) is 9.71. The maximum absolute atomic E-state index is 4.46. The van der Waals surface area contributed by atoms with Gasteiger partial charge in [0.15, 0.2) is 0 Å². The van der Waals surface area contributed by atoms with Gasteiger partial charge in [-0.05, 0) is 15.9 Å². The third kappa shape index (κ3) is 0.932. The lowest BCUT2D eigenvalue weighted by atomic mass is 10.2. The average Bonchev–Trinajstić information content (AvgIpc) is 2.71. The lowest BCUT2D eigenvalue weighted by Gasteiger charge is -2.02. The fraction of sp³-hybridized carbons (Fsp3) is 0.182. The molecule has 70 valence electrons. The summed E-state index contributed by atoms with van der Waals surface area (Å²) in [7, 11) is 2.07. The molecule has 0 unspecified atom stereocenters. The van der Waals surface area contributed by atoms with Gasteiger partial charge >= 0.3 is 0 Å². The van der Waals surface area contributed by atoms with E-state index in [2.05, 4.69) is 50.9 Å². The van der Waals surface area contributed by atoms with E-state index in [1.54, 1.807) is 0 Å². The van der Waals surface area contributed by atoms with Crippen LogP contribution in [-0.4, -0.2) is 9.55 Å². The molecular weight excluding hydrogens is 240 g/mol. The molecule has 3 rings (SSSR count). The smallest absolute Gasteiger partial charge is 0.0597 e. The highest BCUT2D eigenvalue weighted by Crippen LogP contribution is 2.31. The molecular formula is C11H9BrN2. The van der Waals surface area contributed by atoms with Gasteiger partial charge in [0.05, 0.1) is 11.2 Å². The van der Waals surface area contributed by atoms with Crippen molar-refractivity contribution in [1.82, 2.24) is 9.55 Å². The van der Waals surface area contributed by atoms with Crippen LogP contribution in [-0.2, 0) is 13.5 Å². The van der Waals surface area contributed by atoms with Crippen molar-refractivity contribution < 1.29 is 0 Å². The summed E-state index contributed by atoms with van der Waals surface area (Å²) in [5, 5.41) is 1.19. The van der Waals surface area contributed by atoms with Gasteiger partial charge in [-0.1, -0.05) is 12.2 Å². The second-order valence-electron chi connectivity index (χ2n) is 3.58. The van der Waals surface area contributed by atoms with Gasteiger partial charge in [-0.3, -0.25) is 4.98 Å². The molecule has 14 heavy (non-hydrogen) atoms. The van der Waals surface area contributed by atoms with E-state index in [1.165, 1.54) is 22.2 Å². The Balaban J connectivity index is 2.53. The van der Waals surface area contributed by atoms with Gasteiger partial charge in [0.1, 0.15) is 0 Å². The van der Waals surface area contributed by atoms with Crippen molar-refractivity contribution in [3.8, 4) is 0 Å². The summed E-state index contributed by atoms with van der Waals surface area (Å²) in [4.78, 5) is 4.46. The van der Waals surface area contributed by atoms with E-state index in [0.717, 1.165) is 10.9 Å². The molecule has 2 aromatic heterocycles. The quantitative estimate of drug-likeness (QED) is 0.701. The van der Waals surface area contributed by atoms with Crippen LogP contribution in [0, 0.1) is 0 Å². The largest absolute Gasteiger partial charge is 0.349 e. The normalized spacial score (nSPS) is 13.9. The second-order valence-corrected chi connectivity index (χ2v) is 4.43. The van der Waals surface area contributed by atoms with Crippen molar-refractivity contribution in [2.24, 2.45) is 7.05 Å². The molecule has 0 aromatic carbocycles. The number of nitrogens with zero attached hydrogens (tertiary/aromatic N) is 2. The third-order valence-electron chi connectivity index (χ3n) is 2.68. The summed E-state index contributed by atoms with van der Waals surface area (Å²) in [6.45, 7) is 0. The molecule has 2 heterocycles. The molecule has 0 fully saturated rings. The summed E-state index contributed by atoms with van der Waals surface area (Å²) in [5.74, 6) is 0. The fourth-order valence-corrected chi connectivity index (χ4v) is 2.64. The van der Waals surface area contributed by atoms with Crippen molar-refractivity contribution in [3.63, 3.8) is 0 Å². The minimum atomic E-state index is 0.966. The van der Waals surface area contributed by atoms with Gasteiger partial charge in [0.2, 0.25) is 0 Å². The minimum absolute atomic E-state index is 0.966. The van der Waals surface area contributed by atoms with E-state index in [9.17, 15) is 0 Å². The molecule has 0 atom stereocenters. The highest BCUT2D eigenvalue weighted by atomic mass is 79.9. The highest BCUT2D eigenvalue weighted by Gasteiger charge is 2.14. The Hall–Kier alpha value is -1.09. The van der Waals surface area contributed by atoms with E-state index in [1.807, 2.05) is 6.20 Å². The number of hydrogen-bond donors (Lipinski definition) is 0. The number of aromatic nitrogens is 2. The summed E-state index contributed by atoms with van der Waals surface area (Å²) < 4.78 is 3.26. The molecule has 0 aliphatic heterocycles. The molecule has 0 bridgehead atoms. The number of rotatable bonds is 0. The van der Waals surface area contributed by atoms with Crippen molar-refractivity contribution >= 4 is 32.9 Å². The first-order chi connectivity index (χ1) is 6.77. The first-order valence-electron chi connectivity index (χ1n) is 4.56. The number of halogens is 1. The monoisotopic (exact) mass is 248 g/mol. The highest BCUT2D eigenvalue weighted by molar-refractivity contribution is 9.10. The van der Waals surface area contributed by atoms with E-state index in [0.29, 0.717) is 0 Å². The summed E-state index contributed by atoms with van der Waals surface area (Å²) in [6, 6.07) is 0. The fourth-order valence-electron chi connectivity index (χ4n) is 2.04. The van der Waals surface area contributed by atoms with Gasteiger partial charge < -0.3 is 4.57 Å². The van der Waals surface area contributed by atoms with E-state index in [4.69, 9.17) is 0 Å². The zero-order valence-corrected chi connectivity index (χ0v) is 9.37. The number of aryl methyl sites for hydroxylation is 1. The van der Waals surface area contributed by atoms with Crippen LogP contribution in [0.2, 0.25) is 0 Å². The van der Waals surface area contributed by atoms with E-state index < -0.39 is 0 Å². The van der Waals surface area contributed by atoms with E-state index >= 15 is 0 Å². The van der Waals surface area contributed by atoms with Gasteiger partial charge in [-0.2, -0.15) is 0 Å². The predicted octanol–water partition coefficient (Wildman–Crippen LogP) is 2.91. The maximum Gasteiger partial charge on any atom is 0.0597 e. The van der Waals surface area contributed by atoms with Gasteiger partial charge in [0, 0.05) is 41.3 Å². The molecule has 0 spiro atoms. The molecule has 0 radical (unpaired) electrons. The molecule has 1 aliphatic carbocycles. The molecule has 3 heteroatoms.